The Morgan fingerprint density at radius 3 is 2.62 bits per heavy atom. The summed E-state index contributed by atoms with van der Waals surface area (Å²) < 4.78 is 0. The van der Waals surface area contributed by atoms with Crippen LogP contribution in [0.25, 0.3) is 0 Å². The predicted molar refractivity (Wildman–Crippen MR) is 95.3 cm³/mol. The molecule has 24 heavy (non-hydrogen) atoms. The first kappa shape index (κ1) is 17.9. The molecule has 0 aliphatic carbocycles. The van der Waals surface area contributed by atoms with Crippen LogP contribution in [0.15, 0.2) is 42.6 Å². The lowest BCUT2D eigenvalue weighted by atomic mass is 10.1. The molecule has 0 radical (unpaired) electrons. The van der Waals surface area contributed by atoms with E-state index in [2.05, 4.69) is 10.3 Å². The molecule has 1 N–H and O–H groups in total. The van der Waals surface area contributed by atoms with Crippen molar-refractivity contribution in [3.8, 4) is 0 Å². The maximum absolute atomic E-state index is 12.0. The quantitative estimate of drug-likeness (QED) is 0.872. The Morgan fingerprint density at radius 2 is 2.00 bits per heavy atom. The second-order valence-electron chi connectivity index (χ2n) is 5.62. The van der Waals surface area contributed by atoms with Gasteiger partial charge in [-0.3, -0.25) is 14.6 Å². The number of benzene rings is 1. The van der Waals surface area contributed by atoms with E-state index in [0.717, 1.165) is 12.1 Å². The zero-order valence-corrected chi connectivity index (χ0v) is 14.5. The van der Waals surface area contributed by atoms with E-state index in [1.54, 1.807) is 38.5 Å². The smallest absolute Gasteiger partial charge is 0.254 e. The number of hydrogen-bond acceptors (Lipinski definition) is 3. The van der Waals surface area contributed by atoms with Gasteiger partial charge in [0.1, 0.15) is 0 Å². The van der Waals surface area contributed by atoms with Crippen LogP contribution in [0.5, 0.6) is 0 Å². The highest BCUT2D eigenvalue weighted by Crippen LogP contribution is 2.22. The maximum Gasteiger partial charge on any atom is 0.254 e. The van der Waals surface area contributed by atoms with E-state index in [1.807, 2.05) is 18.2 Å². The first-order valence-electron chi connectivity index (χ1n) is 7.68. The van der Waals surface area contributed by atoms with E-state index in [1.165, 1.54) is 4.90 Å². The summed E-state index contributed by atoms with van der Waals surface area (Å²) >= 11 is 6.13. The molecule has 0 fully saturated rings. The number of halogens is 1. The summed E-state index contributed by atoms with van der Waals surface area (Å²) in [6.07, 6.45) is 3.61. The molecular weight excluding hydrogens is 326 g/mol. The third-order valence-electron chi connectivity index (χ3n) is 3.45. The molecular formula is C18H20ClN3O2. The van der Waals surface area contributed by atoms with Gasteiger partial charge in [-0.1, -0.05) is 17.7 Å². The van der Waals surface area contributed by atoms with Gasteiger partial charge in [0, 0.05) is 38.1 Å². The Balaban J connectivity index is 1.87. The van der Waals surface area contributed by atoms with E-state index in [9.17, 15) is 9.59 Å². The minimum Gasteiger partial charge on any atom is -0.345 e. The topological polar surface area (TPSA) is 62.3 Å². The fraction of sp³-hybridized carbons (Fsp3) is 0.278. The number of carbonyl (C=O) groups is 2. The number of pyridine rings is 1. The average Bonchev–Trinajstić information content (AvgIpc) is 2.55. The molecule has 0 aliphatic heterocycles. The first-order chi connectivity index (χ1) is 11.5. The normalized spacial score (nSPS) is 10.3. The fourth-order valence-corrected chi connectivity index (χ4v) is 2.47. The Hall–Kier alpha value is -2.40. The van der Waals surface area contributed by atoms with Gasteiger partial charge in [0.2, 0.25) is 5.91 Å². The number of aromatic nitrogens is 1. The van der Waals surface area contributed by atoms with Crippen molar-refractivity contribution >= 4 is 29.1 Å². The molecule has 0 bridgehead atoms. The molecule has 0 unspecified atom stereocenters. The van der Waals surface area contributed by atoms with Gasteiger partial charge < -0.3 is 10.2 Å². The van der Waals surface area contributed by atoms with E-state index in [4.69, 9.17) is 11.6 Å². The molecule has 0 atom stereocenters. The zero-order chi connectivity index (χ0) is 17.5. The molecule has 6 heteroatoms. The van der Waals surface area contributed by atoms with Crippen LogP contribution in [0.2, 0.25) is 5.02 Å². The van der Waals surface area contributed by atoms with E-state index < -0.39 is 0 Å². The van der Waals surface area contributed by atoms with Gasteiger partial charge in [0.25, 0.3) is 5.91 Å². The average molecular weight is 346 g/mol. The van der Waals surface area contributed by atoms with E-state index in [-0.39, 0.29) is 11.8 Å². The lowest BCUT2D eigenvalue weighted by Crippen LogP contribution is -2.22. The number of amides is 2. The third kappa shape index (κ3) is 5.06. The Bertz CT molecular complexity index is 717. The van der Waals surface area contributed by atoms with Crippen LogP contribution in [0.1, 0.15) is 28.9 Å². The van der Waals surface area contributed by atoms with Crippen LogP contribution < -0.4 is 5.32 Å². The van der Waals surface area contributed by atoms with Crippen LogP contribution in [-0.4, -0.2) is 35.8 Å². The van der Waals surface area contributed by atoms with Crippen molar-refractivity contribution < 1.29 is 9.59 Å². The monoisotopic (exact) mass is 345 g/mol. The van der Waals surface area contributed by atoms with Crippen molar-refractivity contribution in [3.63, 3.8) is 0 Å². The second-order valence-corrected chi connectivity index (χ2v) is 6.02. The second kappa shape index (κ2) is 8.45. The predicted octanol–water partition coefficient (Wildman–Crippen LogP) is 3.40. The highest BCUT2D eigenvalue weighted by molar-refractivity contribution is 6.34. The summed E-state index contributed by atoms with van der Waals surface area (Å²) in [5.74, 6) is -0.262. The highest BCUT2D eigenvalue weighted by atomic mass is 35.5. The van der Waals surface area contributed by atoms with Crippen molar-refractivity contribution in [3.05, 3.63) is 58.9 Å². The Labute approximate surface area is 146 Å². The molecule has 1 aromatic carbocycles. The number of nitrogens with one attached hydrogen (secondary N) is 1. The van der Waals surface area contributed by atoms with Crippen LogP contribution in [0, 0.1) is 0 Å². The number of carbonyl (C=O) groups excluding carboxylic acids is 2. The van der Waals surface area contributed by atoms with Gasteiger partial charge in [0.15, 0.2) is 0 Å². The molecule has 0 saturated carbocycles. The van der Waals surface area contributed by atoms with Crippen LogP contribution >= 0.6 is 11.6 Å². The SMILES string of the molecule is CN(C)C(=O)c1ccc(NC(=O)CCCc2ccccn2)cc1Cl. The summed E-state index contributed by atoms with van der Waals surface area (Å²) in [6, 6.07) is 10.6. The van der Waals surface area contributed by atoms with Crippen LogP contribution in [-0.2, 0) is 11.2 Å². The molecule has 2 aromatic rings. The van der Waals surface area contributed by atoms with Crippen molar-refractivity contribution in [1.29, 1.82) is 0 Å². The summed E-state index contributed by atoms with van der Waals surface area (Å²) in [5.41, 5.74) is 1.97. The minimum atomic E-state index is -0.173. The maximum atomic E-state index is 12.0. The van der Waals surface area contributed by atoms with E-state index >= 15 is 0 Å². The van der Waals surface area contributed by atoms with Gasteiger partial charge in [-0.25, -0.2) is 0 Å². The van der Waals surface area contributed by atoms with Gasteiger partial charge in [-0.15, -0.1) is 0 Å². The minimum absolute atomic E-state index is 0.0892. The lowest BCUT2D eigenvalue weighted by Gasteiger charge is -2.12. The summed E-state index contributed by atoms with van der Waals surface area (Å²) in [5, 5.41) is 3.12. The lowest BCUT2D eigenvalue weighted by molar-refractivity contribution is -0.116. The Kier molecular flexibility index (Phi) is 6.32. The fourth-order valence-electron chi connectivity index (χ4n) is 2.21. The molecule has 1 aromatic heterocycles. The molecule has 0 spiro atoms. The Morgan fingerprint density at radius 1 is 1.21 bits per heavy atom. The molecule has 0 aliphatic rings. The molecule has 0 saturated heterocycles. The van der Waals surface area contributed by atoms with Crippen molar-refractivity contribution in [2.45, 2.75) is 19.3 Å². The van der Waals surface area contributed by atoms with Crippen LogP contribution in [0.3, 0.4) is 0 Å². The standard InChI is InChI=1S/C18H20ClN3O2/c1-22(2)18(24)15-10-9-14(12-16(15)19)21-17(23)8-5-7-13-6-3-4-11-20-13/h3-4,6,9-12H,5,7-8H2,1-2H3,(H,21,23). The van der Waals surface area contributed by atoms with Crippen molar-refractivity contribution in [1.82, 2.24) is 9.88 Å². The van der Waals surface area contributed by atoms with Gasteiger partial charge in [-0.2, -0.15) is 0 Å². The molecule has 126 valence electrons. The largest absolute Gasteiger partial charge is 0.345 e. The first-order valence-corrected chi connectivity index (χ1v) is 8.06. The third-order valence-corrected chi connectivity index (χ3v) is 3.77. The summed E-state index contributed by atoms with van der Waals surface area (Å²) in [6.45, 7) is 0. The molecule has 1 heterocycles. The number of rotatable bonds is 6. The molecule has 2 rings (SSSR count). The molecule has 2 amide bonds. The van der Waals surface area contributed by atoms with Crippen molar-refractivity contribution in [2.75, 3.05) is 19.4 Å². The summed E-state index contributed by atoms with van der Waals surface area (Å²) in [7, 11) is 3.33. The van der Waals surface area contributed by atoms with Crippen LogP contribution in [0.4, 0.5) is 5.69 Å². The highest BCUT2D eigenvalue weighted by Gasteiger charge is 2.13. The molecule has 5 nitrogen and oxygen atoms in total. The zero-order valence-electron chi connectivity index (χ0n) is 13.8. The number of hydrogen-bond donors (Lipinski definition) is 1. The number of nitrogens with zero attached hydrogens (tertiary/aromatic N) is 2. The van der Waals surface area contributed by atoms with Crippen molar-refractivity contribution in [2.24, 2.45) is 0 Å². The van der Waals surface area contributed by atoms with Gasteiger partial charge in [-0.05, 0) is 43.2 Å². The van der Waals surface area contributed by atoms with Gasteiger partial charge in [0.05, 0.1) is 10.6 Å². The van der Waals surface area contributed by atoms with E-state index in [0.29, 0.717) is 29.1 Å². The number of anilines is 1. The van der Waals surface area contributed by atoms with Gasteiger partial charge >= 0.3 is 0 Å². The summed E-state index contributed by atoms with van der Waals surface area (Å²) in [4.78, 5) is 29.6. The number of aryl methyl sites for hydroxylation is 1.